The van der Waals surface area contributed by atoms with Gasteiger partial charge in [0.2, 0.25) is 6.79 Å². The van der Waals surface area contributed by atoms with Crippen LogP contribution in [-0.2, 0) is 9.53 Å². The summed E-state index contributed by atoms with van der Waals surface area (Å²) in [6, 6.07) is 9.30. The topological polar surface area (TPSA) is 72.5 Å². The van der Waals surface area contributed by atoms with E-state index in [0.29, 0.717) is 28.7 Å². The van der Waals surface area contributed by atoms with Crippen LogP contribution in [0.3, 0.4) is 0 Å². The third-order valence-corrected chi connectivity index (χ3v) is 5.61. The lowest BCUT2D eigenvalue weighted by atomic mass is 9.70. The zero-order valence-corrected chi connectivity index (χ0v) is 17.8. The van der Waals surface area contributed by atoms with Crippen molar-refractivity contribution in [2.45, 2.75) is 32.3 Å². The minimum atomic E-state index is -0.831. The molecule has 0 fully saturated rings. The molecule has 2 atom stereocenters. The Kier molecular flexibility index (Phi) is 5.13. The lowest BCUT2D eigenvalue weighted by Crippen LogP contribution is -2.49. The first-order valence-corrected chi connectivity index (χ1v) is 9.90. The molecule has 2 aromatic rings. The molecule has 7 heteroatoms. The van der Waals surface area contributed by atoms with Gasteiger partial charge in [0.25, 0.3) is 0 Å². The summed E-state index contributed by atoms with van der Waals surface area (Å²) in [7, 11) is 3.20. The summed E-state index contributed by atoms with van der Waals surface area (Å²) in [6.07, 6.45) is 0. The number of fused-ring (bicyclic) bond motifs is 2. The van der Waals surface area contributed by atoms with Crippen molar-refractivity contribution in [3.8, 4) is 28.7 Å². The van der Waals surface area contributed by atoms with E-state index in [2.05, 4.69) is 0 Å². The lowest BCUT2D eigenvalue weighted by Gasteiger charge is -2.44. The first kappa shape index (κ1) is 20.2. The van der Waals surface area contributed by atoms with Gasteiger partial charge >= 0.3 is 5.97 Å². The Balaban J connectivity index is 1.95. The van der Waals surface area contributed by atoms with Crippen LogP contribution in [0.2, 0.25) is 0 Å². The molecule has 2 aliphatic heterocycles. The number of ether oxygens (including phenoxy) is 6. The van der Waals surface area contributed by atoms with Crippen molar-refractivity contribution in [2.75, 3.05) is 27.6 Å². The van der Waals surface area contributed by atoms with E-state index in [1.807, 2.05) is 44.2 Å². The summed E-state index contributed by atoms with van der Waals surface area (Å²) in [5.74, 6) is 1.87. The van der Waals surface area contributed by atoms with E-state index < -0.39 is 11.5 Å². The van der Waals surface area contributed by atoms with Crippen LogP contribution in [0.15, 0.2) is 30.3 Å². The standard InChI is InChI=1S/C23H26O7/c1-6-27-22(24)21-20(14-8-7-13(25-4)9-16(14)26-5)15-10-18-19(29-12-28-18)11-17(15)30-23(21,2)3/h7-11,20-21H,6,12H2,1-5H3. The molecule has 0 radical (unpaired) electrons. The predicted octanol–water partition coefficient (Wildman–Crippen LogP) is 3.91. The molecular formula is C23H26O7. The van der Waals surface area contributed by atoms with Crippen molar-refractivity contribution in [3.63, 3.8) is 0 Å². The normalized spacial score (nSPS) is 20.7. The van der Waals surface area contributed by atoms with Crippen LogP contribution >= 0.6 is 0 Å². The molecule has 2 aromatic carbocycles. The number of hydrogen-bond donors (Lipinski definition) is 0. The smallest absolute Gasteiger partial charge is 0.313 e. The molecule has 2 unspecified atom stereocenters. The Morgan fingerprint density at radius 3 is 2.43 bits per heavy atom. The summed E-state index contributed by atoms with van der Waals surface area (Å²) >= 11 is 0. The summed E-state index contributed by atoms with van der Waals surface area (Å²) in [5.41, 5.74) is 0.829. The quantitative estimate of drug-likeness (QED) is 0.687. The molecule has 0 spiro atoms. The molecular weight excluding hydrogens is 388 g/mol. The fourth-order valence-corrected chi connectivity index (χ4v) is 4.27. The molecule has 2 aliphatic rings. The van der Waals surface area contributed by atoms with Crippen LogP contribution in [0.5, 0.6) is 28.7 Å². The molecule has 0 N–H and O–H groups in total. The second-order valence-electron chi connectivity index (χ2n) is 7.76. The maximum Gasteiger partial charge on any atom is 0.313 e. The van der Waals surface area contributed by atoms with Crippen molar-refractivity contribution in [1.82, 2.24) is 0 Å². The number of esters is 1. The summed E-state index contributed by atoms with van der Waals surface area (Å²) in [4.78, 5) is 13.1. The third kappa shape index (κ3) is 3.28. The van der Waals surface area contributed by atoms with E-state index in [-0.39, 0.29) is 25.3 Å². The fourth-order valence-electron chi connectivity index (χ4n) is 4.27. The summed E-state index contributed by atoms with van der Waals surface area (Å²) < 4.78 is 33.9. The van der Waals surface area contributed by atoms with Gasteiger partial charge in [0.05, 0.1) is 20.8 Å². The van der Waals surface area contributed by atoms with E-state index in [1.165, 1.54) is 0 Å². The number of hydrogen-bond acceptors (Lipinski definition) is 7. The van der Waals surface area contributed by atoms with Gasteiger partial charge in [0.1, 0.15) is 28.8 Å². The molecule has 0 saturated carbocycles. The maximum absolute atomic E-state index is 13.1. The Labute approximate surface area is 175 Å². The van der Waals surface area contributed by atoms with Gasteiger partial charge in [0.15, 0.2) is 11.5 Å². The van der Waals surface area contributed by atoms with Gasteiger partial charge in [-0.05, 0) is 32.9 Å². The molecule has 0 saturated heterocycles. The monoisotopic (exact) mass is 414 g/mol. The van der Waals surface area contributed by atoms with Gasteiger partial charge in [-0.2, -0.15) is 0 Å². The Bertz CT molecular complexity index is 966. The Hall–Kier alpha value is -3.09. The van der Waals surface area contributed by atoms with E-state index in [9.17, 15) is 4.79 Å². The maximum atomic E-state index is 13.1. The van der Waals surface area contributed by atoms with E-state index in [4.69, 9.17) is 28.4 Å². The van der Waals surface area contributed by atoms with Crippen LogP contribution in [-0.4, -0.2) is 39.2 Å². The first-order valence-electron chi connectivity index (χ1n) is 9.90. The van der Waals surface area contributed by atoms with Gasteiger partial charge < -0.3 is 28.4 Å². The minimum absolute atomic E-state index is 0.152. The SMILES string of the molecule is CCOC(=O)C1C(c2ccc(OC)cc2OC)c2cc3c(cc2OC1(C)C)OCO3. The first-order chi connectivity index (χ1) is 14.4. The molecule has 0 aliphatic carbocycles. The molecule has 30 heavy (non-hydrogen) atoms. The van der Waals surface area contributed by atoms with Crippen molar-refractivity contribution in [3.05, 3.63) is 41.5 Å². The van der Waals surface area contributed by atoms with Crippen LogP contribution in [0.1, 0.15) is 37.8 Å². The highest BCUT2D eigenvalue weighted by Gasteiger charge is 2.51. The van der Waals surface area contributed by atoms with Crippen molar-refractivity contribution >= 4 is 5.97 Å². The highest BCUT2D eigenvalue weighted by molar-refractivity contribution is 5.78. The van der Waals surface area contributed by atoms with Crippen molar-refractivity contribution in [2.24, 2.45) is 5.92 Å². The zero-order valence-electron chi connectivity index (χ0n) is 17.8. The van der Waals surface area contributed by atoms with Crippen LogP contribution in [0, 0.1) is 5.92 Å². The Morgan fingerprint density at radius 1 is 1.03 bits per heavy atom. The summed E-state index contributed by atoms with van der Waals surface area (Å²) in [5, 5.41) is 0. The zero-order chi connectivity index (χ0) is 21.5. The fraction of sp³-hybridized carbons (Fsp3) is 0.435. The van der Waals surface area contributed by atoms with E-state index in [0.717, 1.165) is 11.1 Å². The molecule has 160 valence electrons. The number of carbonyl (C=O) groups is 1. The third-order valence-electron chi connectivity index (χ3n) is 5.61. The Morgan fingerprint density at radius 2 is 1.77 bits per heavy atom. The van der Waals surface area contributed by atoms with Gasteiger partial charge in [-0.1, -0.05) is 6.07 Å². The molecule has 7 nitrogen and oxygen atoms in total. The average molecular weight is 414 g/mol. The highest BCUT2D eigenvalue weighted by atomic mass is 16.7. The molecule has 0 bridgehead atoms. The predicted molar refractivity (Wildman–Crippen MR) is 109 cm³/mol. The second-order valence-corrected chi connectivity index (χ2v) is 7.76. The number of rotatable bonds is 5. The van der Waals surface area contributed by atoms with Crippen LogP contribution < -0.4 is 23.7 Å². The van der Waals surface area contributed by atoms with Gasteiger partial charge in [-0.15, -0.1) is 0 Å². The van der Waals surface area contributed by atoms with Crippen molar-refractivity contribution in [1.29, 1.82) is 0 Å². The molecule has 0 aromatic heterocycles. The number of methoxy groups -OCH3 is 2. The number of benzene rings is 2. The largest absolute Gasteiger partial charge is 0.497 e. The number of carbonyl (C=O) groups excluding carboxylic acids is 1. The highest BCUT2D eigenvalue weighted by Crippen LogP contribution is 2.54. The molecule has 4 rings (SSSR count). The lowest BCUT2D eigenvalue weighted by molar-refractivity contribution is -0.157. The van der Waals surface area contributed by atoms with Gasteiger partial charge in [0, 0.05) is 29.2 Å². The minimum Gasteiger partial charge on any atom is -0.497 e. The van der Waals surface area contributed by atoms with Crippen LogP contribution in [0.4, 0.5) is 0 Å². The van der Waals surface area contributed by atoms with E-state index in [1.54, 1.807) is 21.1 Å². The van der Waals surface area contributed by atoms with Gasteiger partial charge in [-0.25, -0.2) is 0 Å². The van der Waals surface area contributed by atoms with Crippen molar-refractivity contribution < 1.29 is 33.2 Å². The second kappa shape index (κ2) is 7.63. The van der Waals surface area contributed by atoms with E-state index >= 15 is 0 Å². The summed E-state index contributed by atoms with van der Waals surface area (Å²) in [6.45, 7) is 6.02. The van der Waals surface area contributed by atoms with Gasteiger partial charge in [-0.3, -0.25) is 4.79 Å². The molecule has 0 amide bonds. The molecule has 2 heterocycles. The average Bonchev–Trinajstić information content (AvgIpc) is 3.17. The van der Waals surface area contributed by atoms with Crippen LogP contribution in [0.25, 0.3) is 0 Å².